The van der Waals surface area contributed by atoms with Gasteiger partial charge in [-0.25, -0.2) is 9.37 Å². The number of aromatic nitrogens is 2. The van der Waals surface area contributed by atoms with Gasteiger partial charge in [0, 0.05) is 11.6 Å². The van der Waals surface area contributed by atoms with E-state index in [0.29, 0.717) is 5.56 Å². The Kier molecular flexibility index (Phi) is 3.14. The van der Waals surface area contributed by atoms with Gasteiger partial charge in [0.25, 0.3) is 0 Å². The van der Waals surface area contributed by atoms with Crippen molar-refractivity contribution in [3.63, 3.8) is 0 Å². The number of hydrogen-bond acceptors (Lipinski definition) is 2. The topological polar surface area (TPSA) is 27.1 Å². The fraction of sp³-hybridized carbons (Fsp3) is 0.188. The molecule has 0 aliphatic heterocycles. The van der Waals surface area contributed by atoms with Crippen LogP contribution in [0.1, 0.15) is 11.4 Å². The number of halogens is 1. The molecular formula is C16H15FN2O. The summed E-state index contributed by atoms with van der Waals surface area (Å²) in [5.41, 5.74) is 3.20. The minimum absolute atomic E-state index is 0.508. The van der Waals surface area contributed by atoms with Gasteiger partial charge in [-0.3, -0.25) is 4.57 Å². The standard InChI is InChI=1S/C16H15FN2O/c1-11-18-16-12(10-17)5-3-8-15(16)19(11)13-6-4-7-14(9-13)20-2/h3-9H,10H2,1-2H3. The first-order valence-corrected chi connectivity index (χ1v) is 6.42. The molecule has 0 fully saturated rings. The quantitative estimate of drug-likeness (QED) is 0.723. The van der Waals surface area contributed by atoms with Crippen molar-refractivity contribution < 1.29 is 9.13 Å². The molecule has 1 aromatic heterocycles. The van der Waals surface area contributed by atoms with Crippen LogP contribution in [0.3, 0.4) is 0 Å². The lowest BCUT2D eigenvalue weighted by Crippen LogP contribution is -1.97. The summed E-state index contributed by atoms with van der Waals surface area (Å²) >= 11 is 0. The minimum Gasteiger partial charge on any atom is -0.497 e. The molecule has 102 valence electrons. The van der Waals surface area contributed by atoms with Gasteiger partial charge in [0.15, 0.2) is 0 Å². The van der Waals surface area contributed by atoms with Crippen molar-refractivity contribution in [3.05, 3.63) is 53.9 Å². The van der Waals surface area contributed by atoms with Crippen molar-refractivity contribution in [2.24, 2.45) is 0 Å². The summed E-state index contributed by atoms with van der Waals surface area (Å²) in [4.78, 5) is 4.50. The maximum atomic E-state index is 13.0. The molecule has 3 nitrogen and oxygen atoms in total. The van der Waals surface area contributed by atoms with Gasteiger partial charge in [0.2, 0.25) is 0 Å². The molecule has 2 aromatic carbocycles. The average molecular weight is 270 g/mol. The Morgan fingerprint density at radius 3 is 2.75 bits per heavy atom. The summed E-state index contributed by atoms with van der Waals surface area (Å²) in [6, 6.07) is 13.3. The number of para-hydroxylation sites is 1. The zero-order chi connectivity index (χ0) is 14.1. The number of fused-ring (bicyclic) bond motifs is 1. The fourth-order valence-electron chi connectivity index (χ4n) is 2.46. The van der Waals surface area contributed by atoms with E-state index in [-0.39, 0.29) is 0 Å². The third kappa shape index (κ3) is 1.93. The summed E-state index contributed by atoms with van der Waals surface area (Å²) in [6.45, 7) is 1.41. The third-order valence-corrected chi connectivity index (χ3v) is 3.39. The lowest BCUT2D eigenvalue weighted by Gasteiger charge is -2.08. The van der Waals surface area contributed by atoms with Gasteiger partial charge >= 0.3 is 0 Å². The van der Waals surface area contributed by atoms with Gasteiger partial charge in [-0.15, -0.1) is 0 Å². The Balaban J connectivity index is 2.28. The van der Waals surface area contributed by atoms with Gasteiger partial charge in [-0.2, -0.15) is 0 Å². The minimum atomic E-state index is -0.508. The summed E-state index contributed by atoms with van der Waals surface area (Å²) in [5, 5.41) is 0. The number of ether oxygens (including phenoxy) is 1. The van der Waals surface area contributed by atoms with Crippen molar-refractivity contribution >= 4 is 11.0 Å². The first-order chi connectivity index (χ1) is 9.74. The average Bonchev–Trinajstić information content (AvgIpc) is 2.83. The van der Waals surface area contributed by atoms with Crippen LogP contribution in [0, 0.1) is 6.92 Å². The molecule has 20 heavy (non-hydrogen) atoms. The number of benzene rings is 2. The molecule has 0 radical (unpaired) electrons. The van der Waals surface area contributed by atoms with Crippen molar-refractivity contribution in [3.8, 4) is 11.4 Å². The molecule has 3 rings (SSSR count). The number of alkyl halides is 1. The molecule has 3 aromatic rings. The number of hydrogen-bond donors (Lipinski definition) is 0. The Labute approximate surface area is 116 Å². The molecule has 0 aliphatic carbocycles. The van der Waals surface area contributed by atoms with Crippen LogP contribution < -0.4 is 4.74 Å². The maximum absolute atomic E-state index is 13.0. The SMILES string of the molecule is COc1cccc(-n2c(C)nc3c(CF)cccc32)c1. The molecule has 0 atom stereocenters. The normalized spacial score (nSPS) is 10.9. The first-order valence-electron chi connectivity index (χ1n) is 6.42. The predicted octanol–water partition coefficient (Wildman–Crippen LogP) is 3.81. The smallest absolute Gasteiger partial charge is 0.120 e. The molecular weight excluding hydrogens is 255 g/mol. The molecule has 0 amide bonds. The van der Waals surface area contributed by atoms with Crippen LogP contribution in [-0.4, -0.2) is 16.7 Å². The highest BCUT2D eigenvalue weighted by Crippen LogP contribution is 2.26. The fourth-order valence-corrected chi connectivity index (χ4v) is 2.46. The van der Waals surface area contributed by atoms with Crippen LogP contribution in [-0.2, 0) is 6.67 Å². The van der Waals surface area contributed by atoms with E-state index in [2.05, 4.69) is 4.98 Å². The third-order valence-electron chi connectivity index (χ3n) is 3.39. The Hall–Kier alpha value is -2.36. The Morgan fingerprint density at radius 2 is 2.00 bits per heavy atom. The van der Waals surface area contributed by atoms with Crippen LogP contribution in [0.15, 0.2) is 42.5 Å². The highest BCUT2D eigenvalue weighted by atomic mass is 19.1. The van der Waals surface area contributed by atoms with E-state index in [0.717, 1.165) is 28.3 Å². The molecule has 0 saturated heterocycles. The lowest BCUT2D eigenvalue weighted by molar-refractivity contribution is 0.414. The van der Waals surface area contributed by atoms with Crippen LogP contribution >= 0.6 is 0 Å². The molecule has 0 N–H and O–H groups in total. The van der Waals surface area contributed by atoms with Gasteiger partial charge in [-0.05, 0) is 25.1 Å². The van der Waals surface area contributed by atoms with Crippen molar-refractivity contribution in [2.75, 3.05) is 7.11 Å². The van der Waals surface area contributed by atoms with E-state index in [1.807, 2.05) is 47.9 Å². The van der Waals surface area contributed by atoms with E-state index in [9.17, 15) is 4.39 Å². The molecule has 0 spiro atoms. The van der Waals surface area contributed by atoms with Gasteiger partial charge in [0.05, 0.1) is 23.8 Å². The van der Waals surface area contributed by atoms with E-state index in [4.69, 9.17) is 4.74 Å². The number of aryl methyl sites for hydroxylation is 1. The van der Waals surface area contributed by atoms with Crippen LogP contribution in [0.2, 0.25) is 0 Å². The van der Waals surface area contributed by atoms with E-state index >= 15 is 0 Å². The maximum Gasteiger partial charge on any atom is 0.120 e. The number of nitrogens with zero attached hydrogens (tertiary/aromatic N) is 2. The van der Waals surface area contributed by atoms with E-state index < -0.39 is 6.67 Å². The molecule has 0 unspecified atom stereocenters. The van der Waals surface area contributed by atoms with Crippen molar-refractivity contribution in [2.45, 2.75) is 13.6 Å². The number of rotatable bonds is 3. The summed E-state index contributed by atoms with van der Waals surface area (Å²) in [6.07, 6.45) is 0. The van der Waals surface area contributed by atoms with Crippen LogP contribution in [0.4, 0.5) is 4.39 Å². The van der Waals surface area contributed by atoms with Crippen LogP contribution in [0.5, 0.6) is 5.75 Å². The van der Waals surface area contributed by atoms with Gasteiger partial charge in [-0.1, -0.05) is 18.2 Å². The second-order valence-corrected chi connectivity index (χ2v) is 4.61. The predicted molar refractivity (Wildman–Crippen MR) is 77.2 cm³/mol. The van der Waals surface area contributed by atoms with Crippen LogP contribution in [0.25, 0.3) is 16.7 Å². The number of methoxy groups -OCH3 is 1. The van der Waals surface area contributed by atoms with E-state index in [1.165, 1.54) is 0 Å². The Bertz CT molecular complexity index is 764. The monoisotopic (exact) mass is 270 g/mol. The van der Waals surface area contributed by atoms with Crippen molar-refractivity contribution in [1.82, 2.24) is 9.55 Å². The molecule has 0 saturated carbocycles. The zero-order valence-corrected chi connectivity index (χ0v) is 11.4. The highest BCUT2D eigenvalue weighted by Gasteiger charge is 2.12. The van der Waals surface area contributed by atoms with Crippen molar-refractivity contribution in [1.29, 1.82) is 0 Å². The largest absolute Gasteiger partial charge is 0.497 e. The lowest BCUT2D eigenvalue weighted by atomic mass is 10.2. The molecule has 0 bridgehead atoms. The zero-order valence-electron chi connectivity index (χ0n) is 11.4. The highest BCUT2D eigenvalue weighted by molar-refractivity contribution is 5.81. The summed E-state index contributed by atoms with van der Waals surface area (Å²) < 4.78 is 20.3. The second kappa shape index (κ2) is 4.96. The number of imidazole rings is 1. The Morgan fingerprint density at radius 1 is 1.20 bits per heavy atom. The molecule has 4 heteroatoms. The first kappa shape index (κ1) is 12.7. The second-order valence-electron chi connectivity index (χ2n) is 4.61. The molecule has 0 aliphatic rings. The van der Waals surface area contributed by atoms with Gasteiger partial charge < -0.3 is 4.74 Å². The summed E-state index contributed by atoms with van der Waals surface area (Å²) in [7, 11) is 1.64. The molecule has 1 heterocycles. The van der Waals surface area contributed by atoms with Gasteiger partial charge in [0.1, 0.15) is 18.2 Å². The summed E-state index contributed by atoms with van der Waals surface area (Å²) in [5.74, 6) is 1.61. The van der Waals surface area contributed by atoms with E-state index in [1.54, 1.807) is 13.2 Å².